The second-order valence-electron chi connectivity index (χ2n) is 4.66. The number of ether oxygens (including phenoxy) is 1. The molecule has 0 aliphatic rings. The van der Waals surface area contributed by atoms with Crippen molar-refractivity contribution in [1.82, 2.24) is 14.8 Å². The van der Waals surface area contributed by atoms with Crippen molar-refractivity contribution in [3.63, 3.8) is 0 Å². The van der Waals surface area contributed by atoms with Gasteiger partial charge in [-0.15, -0.1) is 0 Å². The molecule has 6 heteroatoms. The zero-order valence-corrected chi connectivity index (χ0v) is 11.9. The Morgan fingerprint density at radius 3 is 2.95 bits per heavy atom. The lowest BCUT2D eigenvalue weighted by molar-refractivity contribution is 0.0449. The molecule has 0 N–H and O–H groups in total. The van der Waals surface area contributed by atoms with Gasteiger partial charge in [0.2, 0.25) is 0 Å². The van der Waals surface area contributed by atoms with E-state index in [0.29, 0.717) is 16.6 Å². The molecule has 0 aromatic carbocycles. The first-order valence-electron chi connectivity index (χ1n) is 6.00. The summed E-state index contributed by atoms with van der Waals surface area (Å²) in [6.45, 7) is 4.29. The first-order chi connectivity index (χ1) is 9.00. The van der Waals surface area contributed by atoms with Gasteiger partial charge in [0.25, 0.3) is 0 Å². The van der Waals surface area contributed by atoms with Gasteiger partial charge in [-0.1, -0.05) is 26.1 Å². The number of rotatable bonds is 3. The second kappa shape index (κ2) is 5.44. The van der Waals surface area contributed by atoms with E-state index in [9.17, 15) is 4.79 Å². The van der Waals surface area contributed by atoms with Gasteiger partial charge < -0.3 is 4.74 Å². The molecule has 0 saturated heterocycles. The third kappa shape index (κ3) is 2.78. The van der Waals surface area contributed by atoms with Crippen molar-refractivity contribution in [1.29, 1.82) is 0 Å². The molecule has 5 nitrogen and oxygen atoms in total. The molecule has 2 heterocycles. The lowest BCUT2D eigenvalue weighted by Gasteiger charge is -2.09. The standard InChI is InChI=1S/C13H15N3O2S/c1-8(2)7-18-13(17)11-12(19)10-9(16(3)15-11)5-4-6-14-10/h4-6,8H,7H2,1-3H3. The molecule has 0 fully saturated rings. The molecule has 0 aliphatic heterocycles. The Kier molecular flexibility index (Phi) is 3.90. The fourth-order valence-corrected chi connectivity index (χ4v) is 1.92. The fourth-order valence-electron chi connectivity index (χ4n) is 1.64. The van der Waals surface area contributed by atoms with E-state index in [1.54, 1.807) is 24.0 Å². The van der Waals surface area contributed by atoms with E-state index < -0.39 is 5.97 Å². The fraction of sp³-hybridized carbons (Fsp3) is 0.385. The number of aryl methyl sites for hydroxylation is 1. The number of esters is 1. The molecule has 0 saturated carbocycles. The Morgan fingerprint density at radius 2 is 2.26 bits per heavy atom. The monoisotopic (exact) mass is 277 g/mol. The number of carbonyl (C=O) groups is 1. The molecule has 19 heavy (non-hydrogen) atoms. The second-order valence-corrected chi connectivity index (χ2v) is 5.07. The Labute approximate surface area is 116 Å². The lowest BCUT2D eigenvalue weighted by atomic mass is 10.2. The summed E-state index contributed by atoms with van der Waals surface area (Å²) in [5, 5.41) is 4.18. The predicted molar refractivity (Wildman–Crippen MR) is 74.5 cm³/mol. The van der Waals surface area contributed by atoms with Crippen molar-refractivity contribution in [3.05, 3.63) is 28.5 Å². The minimum absolute atomic E-state index is 0.143. The first kappa shape index (κ1) is 13.6. The van der Waals surface area contributed by atoms with Gasteiger partial charge in [0.1, 0.15) is 10.0 Å². The normalized spacial score (nSPS) is 10.9. The molecule has 2 aromatic heterocycles. The number of carbonyl (C=O) groups excluding carboxylic acids is 1. The highest BCUT2D eigenvalue weighted by molar-refractivity contribution is 7.71. The van der Waals surface area contributed by atoms with E-state index in [0.717, 1.165) is 5.52 Å². The number of hydrogen-bond donors (Lipinski definition) is 0. The van der Waals surface area contributed by atoms with Crippen LogP contribution in [-0.2, 0) is 11.8 Å². The third-order valence-corrected chi connectivity index (χ3v) is 2.94. The van der Waals surface area contributed by atoms with Crippen LogP contribution in [0.4, 0.5) is 0 Å². The molecule has 0 atom stereocenters. The van der Waals surface area contributed by atoms with Gasteiger partial charge in [-0.2, -0.15) is 5.10 Å². The molecular weight excluding hydrogens is 262 g/mol. The van der Waals surface area contributed by atoms with Crippen LogP contribution < -0.4 is 0 Å². The molecular formula is C13H15N3O2S. The summed E-state index contributed by atoms with van der Waals surface area (Å²) >= 11 is 5.27. The Balaban J connectivity index is 2.47. The van der Waals surface area contributed by atoms with Gasteiger partial charge in [0.15, 0.2) is 5.69 Å². The zero-order chi connectivity index (χ0) is 14.0. The molecule has 2 rings (SSSR count). The van der Waals surface area contributed by atoms with E-state index in [1.807, 2.05) is 19.9 Å². The Morgan fingerprint density at radius 1 is 1.53 bits per heavy atom. The molecule has 0 aliphatic carbocycles. The zero-order valence-electron chi connectivity index (χ0n) is 11.1. The van der Waals surface area contributed by atoms with Crippen LogP contribution in [0.25, 0.3) is 11.0 Å². The van der Waals surface area contributed by atoms with Crippen molar-refractivity contribution in [2.75, 3.05) is 6.61 Å². The van der Waals surface area contributed by atoms with E-state index in [1.165, 1.54) is 0 Å². The van der Waals surface area contributed by atoms with Crippen LogP contribution in [-0.4, -0.2) is 27.3 Å². The predicted octanol–water partition coefficient (Wildman–Crippen LogP) is 2.51. The largest absolute Gasteiger partial charge is 0.461 e. The smallest absolute Gasteiger partial charge is 0.360 e. The van der Waals surface area contributed by atoms with Gasteiger partial charge in [-0.05, 0) is 18.1 Å². The van der Waals surface area contributed by atoms with E-state index in [4.69, 9.17) is 17.0 Å². The third-order valence-electron chi connectivity index (χ3n) is 2.56. The molecule has 0 spiro atoms. The van der Waals surface area contributed by atoms with E-state index in [2.05, 4.69) is 10.1 Å². The van der Waals surface area contributed by atoms with E-state index >= 15 is 0 Å². The summed E-state index contributed by atoms with van der Waals surface area (Å²) in [6, 6.07) is 3.66. The number of aromatic nitrogens is 3. The number of nitrogens with zero attached hydrogens (tertiary/aromatic N) is 3. The SMILES string of the molecule is CC(C)COC(=O)c1nn(C)c2cccnc2c1=S. The van der Waals surface area contributed by atoms with Crippen molar-refractivity contribution >= 4 is 29.2 Å². The maximum atomic E-state index is 12.0. The van der Waals surface area contributed by atoms with Crippen LogP contribution in [0.1, 0.15) is 24.3 Å². The van der Waals surface area contributed by atoms with Crippen LogP contribution in [0, 0.1) is 10.4 Å². The summed E-state index contributed by atoms with van der Waals surface area (Å²) in [7, 11) is 1.75. The minimum Gasteiger partial charge on any atom is -0.461 e. The van der Waals surface area contributed by atoms with Crippen molar-refractivity contribution < 1.29 is 9.53 Å². The lowest BCUT2D eigenvalue weighted by Crippen LogP contribution is -2.15. The molecule has 0 radical (unpaired) electrons. The van der Waals surface area contributed by atoms with Crippen LogP contribution in [0.3, 0.4) is 0 Å². The number of fused-ring (bicyclic) bond motifs is 1. The highest BCUT2D eigenvalue weighted by Crippen LogP contribution is 2.14. The molecule has 0 bridgehead atoms. The number of pyridine rings is 1. The average Bonchev–Trinajstić information content (AvgIpc) is 2.40. The summed E-state index contributed by atoms with van der Waals surface area (Å²) in [6.07, 6.45) is 1.64. The highest BCUT2D eigenvalue weighted by Gasteiger charge is 2.16. The topological polar surface area (TPSA) is 57.0 Å². The van der Waals surface area contributed by atoms with Gasteiger partial charge in [0.05, 0.1) is 12.1 Å². The maximum Gasteiger partial charge on any atom is 0.360 e. The summed E-state index contributed by atoms with van der Waals surface area (Å²) in [4.78, 5) is 16.2. The number of hydrogen-bond acceptors (Lipinski definition) is 5. The van der Waals surface area contributed by atoms with Crippen LogP contribution in [0.5, 0.6) is 0 Å². The first-order valence-corrected chi connectivity index (χ1v) is 6.40. The highest BCUT2D eigenvalue weighted by atomic mass is 32.1. The summed E-state index contributed by atoms with van der Waals surface area (Å²) < 4.78 is 7.09. The van der Waals surface area contributed by atoms with Gasteiger partial charge in [0, 0.05) is 13.2 Å². The molecule has 0 amide bonds. The van der Waals surface area contributed by atoms with Crippen molar-refractivity contribution in [2.45, 2.75) is 13.8 Å². The average molecular weight is 277 g/mol. The maximum absolute atomic E-state index is 12.0. The molecule has 0 unspecified atom stereocenters. The van der Waals surface area contributed by atoms with Crippen molar-refractivity contribution in [3.8, 4) is 0 Å². The Bertz CT molecular complexity index is 679. The summed E-state index contributed by atoms with van der Waals surface area (Å²) in [5.41, 5.74) is 1.52. The van der Waals surface area contributed by atoms with Crippen LogP contribution in [0.15, 0.2) is 18.3 Å². The molecule has 100 valence electrons. The van der Waals surface area contributed by atoms with E-state index in [-0.39, 0.29) is 11.6 Å². The summed E-state index contributed by atoms with van der Waals surface area (Å²) in [5.74, 6) is -0.230. The minimum atomic E-state index is -0.498. The van der Waals surface area contributed by atoms with Gasteiger partial charge in [-0.25, -0.2) is 4.79 Å². The van der Waals surface area contributed by atoms with Crippen LogP contribution >= 0.6 is 12.2 Å². The van der Waals surface area contributed by atoms with Crippen LogP contribution in [0.2, 0.25) is 0 Å². The van der Waals surface area contributed by atoms with Gasteiger partial charge in [-0.3, -0.25) is 9.67 Å². The Hall–Kier alpha value is -1.82. The van der Waals surface area contributed by atoms with Gasteiger partial charge >= 0.3 is 5.97 Å². The molecule has 2 aromatic rings. The quantitative estimate of drug-likeness (QED) is 0.637. The van der Waals surface area contributed by atoms with Crippen molar-refractivity contribution in [2.24, 2.45) is 13.0 Å².